The van der Waals surface area contributed by atoms with Crippen LogP contribution < -0.4 is 14.8 Å². The van der Waals surface area contributed by atoms with Crippen LogP contribution in [0, 0.1) is 0 Å². The second-order valence-electron chi connectivity index (χ2n) is 6.25. The van der Waals surface area contributed by atoms with Crippen molar-refractivity contribution in [1.29, 1.82) is 0 Å². The van der Waals surface area contributed by atoms with Gasteiger partial charge >= 0.3 is 0 Å². The van der Waals surface area contributed by atoms with Gasteiger partial charge < -0.3 is 14.8 Å². The van der Waals surface area contributed by atoms with E-state index in [2.05, 4.69) is 34.5 Å². The van der Waals surface area contributed by atoms with Crippen LogP contribution in [0.4, 0.5) is 0 Å². The average Bonchev–Trinajstić information content (AvgIpc) is 3.24. The smallest absolute Gasteiger partial charge is 0.251 e. The van der Waals surface area contributed by atoms with Gasteiger partial charge in [0.15, 0.2) is 11.5 Å². The van der Waals surface area contributed by atoms with Crippen LogP contribution in [0.15, 0.2) is 48.5 Å². The number of ether oxygens (including phenoxy) is 2. The number of nitrogens with one attached hydrogen (secondary N) is 1. The van der Waals surface area contributed by atoms with Gasteiger partial charge in [0.1, 0.15) is 0 Å². The monoisotopic (exact) mass is 324 g/mol. The van der Waals surface area contributed by atoms with Crippen molar-refractivity contribution in [3.8, 4) is 11.5 Å². The van der Waals surface area contributed by atoms with Crippen molar-refractivity contribution < 1.29 is 14.3 Å². The van der Waals surface area contributed by atoms with Crippen LogP contribution in [0.3, 0.4) is 0 Å². The maximum absolute atomic E-state index is 12.4. The molecule has 0 aromatic heterocycles. The third kappa shape index (κ3) is 3.21. The molecule has 0 saturated carbocycles. The Bertz CT molecular complexity index is 733. The Labute approximate surface area is 141 Å². The first-order valence-corrected chi connectivity index (χ1v) is 8.25. The van der Waals surface area contributed by atoms with E-state index in [1.807, 2.05) is 6.07 Å². The van der Waals surface area contributed by atoms with E-state index in [4.69, 9.17) is 9.47 Å². The minimum Gasteiger partial charge on any atom is -0.454 e. The summed E-state index contributed by atoms with van der Waals surface area (Å²) in [5, 5.41) is 3.13. The molecule has 1 saturated heterocycles. The fourth-order valence-corrected chi connectivity index (χ4v) is 3.24. The van der Waals surface area contributed by atoms with Crippen LogP contribution in [0.2, 0.25) is 0 Å². The van der Waals surface area contributed by atoms with Crippen LogP contribution in [-0.4, -0.2) is 36.7 Å². The number of carbonyl (C=O) groups excluding carboxylic acids is 1. The molecule has 124 valence electrons. The highest BCUT2D eigenvalue weighted by molar-refractivity contribution is 5.95. The molecule has 1 fully saturated rings. The molecule has 0 spiro atoms. The Morgan fingerprint density at radius 2 is 1.96 bits per heavy atom. The van der Waals surface area contributed by atoms with E-state index in [0.29, 0.717) is 17.1 Å². The van der Waals surface area contributed by atoms with Gasteiger partial charge in [-0.3, -0.25) is 9.69 Å². The Morgan fingerprint density at radius 3 is 2.83 bits per heavy atom. The van der Waals surface area contributed by atoms with Crippen molar-refractivity contribution in [1.82, 2.24) is 10.2 Å². The lowest BCUT2D eigenvalue weighted by Crippen LogP contribution is -2.36. The van der Waals surface area contributed by atoms with E-state index in [1.54, 1.807) is 18.2 Å². The maximum Gasteiger partial charge on any atom is 0.251 e. The standard InChI is InChI=1S/C19H20N2O3/c22-19(15-6-7-17-18(10-15)24-13-23-17)20-16-8-9-21(12-16)11-14-4-2-1-3-5-14/h1-7,10,16H,8-9,11-13H2,(H,20,22). The quantitative estimate of drug-likeness (QED) is 0.938. The molecule has 0 bridgehead atoms. The first-order valence-electron chi connectivity index (χ1n) is 8.25. The topological polar surface area (TPSA) is 50.8 Å². The fourth-order valence-electron chi connectivity index (χ4n) is 3.24. The van der Waals surface area contributed by atoms with Gasteiger partial charge in [-0.2, -0.15) is 0 Å². The predicted molar refractivity (Wildman–Crippen MR) is 90.2 cm³/mol. The van der Waals surface area contributed by atoms with Crippen LogP contribution in [0.25, 0.3) is 0 Å². The van der Waals surface area contributed by atoms with Crippen molar-refractivity contribution in [3.05, 3.63) is 59.7 Å². The van der Waals surface area contributed by atoms with E-state index in [1.165, 1.54) is 5.56 Å². The van der Waals surface area contributed by atoms with Crippen molar-refractivity contribution >= 4 is 5.91 Å². The number of rotatable bonds is 4. The molecule has 24 heavy (non-hydrogen) atoms. The molecule has 1 unspecified atom stereocenters. The van der Waals surface area contributed by atoms with E-state index in [-0.39, 0.29) is 18.7 Å². The number of likely N-dealkylation sites (tertiary alicyclic amines) is 1. The maximum atomic E-state index is 12.4. The summed E-state index contributed by atoms with van der Waals surface area (Å²) in [7, 11) is 0. The second kappa shape index (κ2) is 6.53. The number of hydrogen-bond donors (Lipinski definition) is 1. The van der Waals surface area contributed by atoms with Crippen molar-refractivity contribution in [2.75, 3.05) is 19.9 Å². The Balaban J connectivity index is 1.34. The van der Waals surface area contributed by atoms with E-state index in [9.17, 15) is 4.79 Å². The van der Waals surface area contributed by atoms with Gasteiger partial charge in [0, 0.05) is 31.2 Å². The highest BCUT2D eigenvalue weighted by Crippen LogP contribution is 2.32. The summed E-state index contributed by atoms with van der Waals surface area (Å²) in [6.45, 7) is 3.03. The molecule has 2 heterocycles. The summed E-state index contributed by atoms with van der Waals surface area (Å²) in [5.41, 5.74) is 1.92. The van der Waals surface area contributed by atoms with E-state index >= 15 is 0 Å². The average molecular weight is 324 g/mol. The zero-order valence-corrected chi connectivity index (χ0v) is 13.4. The summed E-state index contributed by atoms with van der Waals surface area (Å²) < 4.78 is 10.6. The van der Waals surface area contributed by atoms with Gasteiger partial charge in [-0.05, 0) is 30.2 Å². The van der Waals surface area contributed by atoms with E-state index in [0.717, 1.165) is 26.1 Å². The molecule has 0 aliphatic carbocycles. The van der Waals surface area contributed by atoms with Crippen molar-refractivity contribution in [2.45, 2.75) is 19.0 Å². The van der Waals surface area contributed by atoms with Crippen LogP contribution >= 0.6 is 0 Å². The molecular weight excluding hydrogens is 304 g/mol. The third-order valence-corrected chi connectivity index (χ3v) is 4.49. The molecule has 5 nitrogen and oxygen atoms in total. The molecule has 5 heteroatoms. The largest absolute Gasteiger partial charge is 0.454 e. The molecule has 1 amide bonds. The number of nitrogens with zero attached hydrogens (tertiary/aromatic N) is 1. The van der Waals surface area contributed by atoms with Gasteiger partial charge in [0.05, 0.1) is 0 Å². The molecule has 0 radical (unpaired) electrons. The van der Waals surface area contributed by atoms with Gasteiger partial charge in [0.25, 0.3) is 5.91 Å². The summed E-state index contributed by atoms with van der Waals surface area (Å²) in [6.07, 6.45) is 0.975. The first-order chi connectivity index (χ1) is 11.8. The SMILES string of the molecule is O=C(NC1CCN(Cc2ccccc2)C1)c1ccc2c(c1)OCO2. The zero-order chi connectivity index (χ0) is 16.4. The summed E-state index contributed by atoms with van der Waals surface area (Å²) >= 11 is 0. The Morgan fingerprint density at radius 1 is 1.12 bits per heavy atom. The molecule has 2 aliphatic heterocycles. The van der Waals surface area contributed by atoms with Crippen molar-refractivity contribution in [2.24, 2.45) is 0 Å². The first kappa shape index (κ1) is 15.0. The summed E-state index contributed by atoms with van der Waals surface area (Å²) in [5.74, 6) is 1.28. The lowest BCUT2D eigenvalue weighted by Gasteiger charge is -2.17. The number of hydrogen-bond acceptors (Lipinski definition) is 4. The van der Waals surface area contributed by atoms with Gasteiger partial charge in [0.2, 0.25) is 6.79 Å². The molecule has 1 N–H and O–H groups in total. The summed E-state index contributed by atoms with van der Waals surface area (Å²) in [6, 6.07) is 15.9. The Kier molecular flexibility index (Phi) is 4.09. The molecule has 2 aromatic rings. The molecule has 2 aliphatic rings. The van der Waals surface area contributed by atoms with Gasteiger partial charge in [-0.25, -0.2) is 0 Å². The molecule has 2 aromatic carbocycles. The Hall–Kier alpha value is -2.53. The predicted octanol–water partition coefficient (Wildman–Crippen LogP) is 2.42. The zero-order valence-electron chi connectivity index (χ0n) is 13.4. The highest BCUT2D eigenvalue weighted by Gasteiger charge is 2.25. The van der Waals surface area contributed by atoms with Gasteiger partial charge in [-0.15, -0.1) is 0 Å². The molecule has 4 rings (SSSR count). The lowest BCUT2D eigenvalue weighted by atomic mass is 10.1. The fraction of sp³-hybridized carbons (Fsp3) is 0.316. The minimum atomic E-state index is -0.0557. The number of carbonyl (C=O) groups is 1. The van der Waals surface area contributed by atoms with Crippen molar-refractivity contribution in [3.63, 3.8) is 0 Å². The molecular formula is C19H20N2O3. The van der Waals surface area contributed by atoms with Crippen LogP contribution in [0.5, 0.6) is 11.5 Å². The highest BCUT2D eigenvalue weighted by atomic mass is 16.7. The number of fused-ring (bicyclic) bond motifs is 1. The number of benzene rings is 2. The summed E-state index contributed by atoms with van der Waals surface area (Å²) in [4.78, 5) is 14.8. The third-order valence-electron chi connectivity index (χ3n) is 4.49. The van der Waals surface area contributed by atoms with Gasteiger partial charge in [-0.1, -0.05) is 30.3 Å². The van der Waals surface area contributed by atoms with Crippen LogP contribution in [-0.2, 0) is 6.54 Å². The number of amides is 1. The van der Waals surface area contributed by atoms with Crippen LogP contribution in [0.1, 0.15) is 22.3 Å². The minimum absolute atomic E-state index is 0.0557. The molecule has 1 atom stereocenters. The van der Waals surface area contributed by atoms with E-state index < -0.39 is 0 Å². The second-order valence-corrected chi connectivity index (χ2v) is 6.25. The normalized spacial score (nSPS) is 19.4. The lowest BCUT2D eigenvalue weighted by molar-refractivity contribution is 0.0937.